The summed E-state index contributed by atoms with van der Waals surface area (Å²) in [5, 5.41) is 12.7. The van der Waals surface area contributed by atoms with E-state index in [9.17, 15) is 9.90 Å². The number of nitrogens with two attached hydrogens (primary N) is 1. The van der Waals surface area contributed by atoms with Gasteiger partial charge >= 0.3 is 0 Å². The number of nitrogen functional groups attached to an aromatic ring is 1. The Kier molecular flexibility index (Phi) is 4.16. The van der Waals surface area contributed by atoms with E-state index in [2.05, 4.69) is 12.2 Å². The van der Waals surface area contributed by atoms with E-state index in [1.807, 2.05) is 6.92 Å². The molecule has 1 aliphatic carbocycles. The van der Waals surface area contributed by atoms with Gasteiger partial charge < -0.3 is 16.2 Å². The molecule has 1 aliphatic rings. The summed E-state index contributed by atoms with van der Waals surface area (Å²) in [5.74, 6) is 0.560. The monoisotopic (exact) mass is 282 g/mol. The smallest absolute Gasteiger partial charge is 0.261 e. The molecule has 5 heteroatoms. The molecule has 1 heterocycles. The van der Waals surface area contributed by atoms with Crippen LogP contribution in [0, 0.1) is 12.8 Å². The number of carbonyl (C=O) groups is 1. The van der Waals surface area contributed by atoms with Gasteiger partial charge in [0.05, 0.1) is 17.0 Å². The topological polar surface area (TPSA) is 75.3 Å². The average molecular weight is 282 g/mol. The summed E-state index contributed by atoms with van der Waals surface area (Å²) in [6.45, 7) is 4.12. The summed E-state index contributed by atoms with van der Waals surface area (Å²) in [6.07, 6.45) is 3.78. The number of aliphatic hydroxyl groups excluding tert-OH is 1. The molecule has 1 fully saturated rings. The number of hydrogen-bond donors (Lipinski definition) is 3. The normalized spacial score (nSPS) is 27.2. The molecular weight excluding hydrogens is 260 g/mol. The Hall–Kier alpha value is -1.07. The Morgan fingerprint density at radius 2 is 2.21 bits per heavy atom. The molecule has 4 N–H and O–H groups in total. The predicted octanol–water partition coefficient (Wildman–Crippen LogP) is 2.31. The molecule has 0 atom stereocenters. The molecule has 106 valence electrons. The zero-order chi connectivity index (χ0) is 14.0. The molecule has 1 aromatic heterocycles. The molecule has 1 amide bonds. The number of carbonyl (C=O) groups excluding carboxylic acids is 1. The number of aryl methyl sites for hydroxylation is 1. The third-order valence-electron chi connectivity index (χ3n) is 4.09. The second-order valence-electron chi connectivity index (χ2n) is 5.70. The lowest BCUT2D eigenvalue weighted by atomic mass is 9.77. The first kappa shape index (κ1) is 14.3. The van der Waals surface area contributed by atoms with Crippen molar-refractivity contribution in [3.63, 3.8) is 0 Å². The van der Waals surface area contributed by atoms with Gasteiger partial charge in [-0.1, -0.05) is 6.92 Å². The van der Waals surface area contributed by atoms with E-state index in [0.29, 0.717) is 16.5 Å². The van der Waals surface area contributed by atoms with Crippen LogP contribution in [0.1, 0.15) is 47.2 Å². The molecule has 0 aliphatic heterocycles. The van der Waals surface area contributed by atoms with E-state index in [4.69, 9.17) is 5.73 Å². The van der Waals surface area contributed by atoms with Crippen molar-refractivity contribution in [2.45, 2.75) is 45.1 Å². The van der Waals surface area contributed by atoms with E-state index in [-0.39, 0.29) is 12.5 Å². The minimum atomic E-state index is -0.448. The van der Waals surface area contributed by atoms with Gasteiger partial charge in [-0.25, -0.2) is 0 Å². The molecule has 19 heavy (non-hydrogen) atoms. The highest BCUT2D eigenvalue weighted by molar-refractivity contribution is 7.14. The highest BCUT2D eigenvalue weighted by Gasteiger charge is 2.35. The van der Waals surface area contributed by atoms with Crippen molar-refractivity contribution in [3.8, 4) is 0 Å². The van der Waals surface area contributed by atoms with E-state index in [1.165, 1.54) is 11.3 Å². The maximum absolute atomic E-state index is 12.3. The quantitative estimate of drug-likeness (QED) is 0.796. The van der Waals surface area contributed by atoms with Crippen LogP contribution in [-0.2, 0) is 0 Å². The molecule has 1 aromatic rings. The van der Waals surface area contributed by atoms with E-state index in [1.54, 1.807) is 6.07 Å². The average Bonchev–Trinajstić information content (AvgIpc) is 2.73. The van der Waals surface area contributed by atoms with Gasteiger partial charge in [0.15, 0.2) is 0 Å². The van der Waals surface area contributed by atoms with Gasteiger partial charge in [0.1, 0.15) is 0 Å². The third kappa shape index (κ3) is 3.09. The lowest BCUT2D eigenvalue weighted by molar-refractivity contribution is 0.0721. The summed E-state index contributed by atoms with van der Waals surface area (Å²) in [6, 6.07) is 1.71. The Balaban J connectivity index is 2.08. The fraction of sp³-hybridized carbons (Fsp3) is 0.643. The standard InChI is InChI=1S/C14H22N2O2S/c1-9-3-5-14(8-17,6-4-9)16-13(18)12-7-11(15)10(2)19-12/h7,9,17H,3-6,8,15H2,1-2H3,(H,16,18). The summed E-state index contributed by atoms with van der Waals surface area (Å²) in [5.41, 5.74) is 5.99. The van der Waals surface area contributed by atoms with Crippen molar-refractivity contribution in [1.82, 2.24) is 5.32 Å². The second kappa shape index (κ2) is 5.51. The number of nitrogens with one attached hydrogen (secondary N) is 1. The van der Waals surface area contributed by atoms with Gasteiger partial charge in [-0.3, -0.25) is 4.79 Å². The van der Waals surface area contributed by atoms with Crippen LogP contribution in [0.25, 0.3) is 0 Å². The number of rotatable bonds is 3. The Bertz CT molecular complexity index is 443. The highest BCUT2D eigenvalue weighted by Crippen LogP contribution is 2.32. The molecule has 0 spiro atoms. The van der Waals surface area contributed by atoms with Crippen LogP contribution in [0.2, 0.25) is 0 Å². The highest BCUT2D eigenvalue weighted by atomic mass is 32.1. The van der Waals surface area contributed by atoms with Gasteiger partial charge in [-0.2, -0.15) is 0 Å². The summed E-state index contributed by atoms with van der Waals surface area (Å²) in [7, 11) is 0. The van der Waals surface area contributed by atoms with Crippen molar-refractivity contribution in [1.29, 1.82) is 0 Å². The van der Waals surface area contributed by atoms with Crippen molar-refractivity contribution in [3.05, 3.63) is 15.8 Å². The number of amides is 1. The van der Waals surface area contributed by atoms with Crippen molar-refractivity contribution >= 4 is 22.9 Å². The minimum Gasteiger partial charge on any atom is -0.398 e. The zero-order valence-electron chi connectivity index (χ0n) is 11.5. The van der Waals surface area contributed by atoms with Gasteiger partial charge in [0.2, 0.25) is 0 Å². The van der Waals surface area contributed by atoms with Crippen molar-refractivity contribution in [2.24, 2.45) is 5.92 Å². The molecule has 0 radical (unpaired) electrons. The first-order valence-corrected chi connectivity index (χ1v) is 7.57. The number of thiophene rings is 1. The van der Waals surface area contributed by atoms with Gasteiger partial charge in [0.25, 0.3) is 5.91 Å². The molecule has 0 saturated heterocycles. The predicted molar refractivity (Wildman–Crippen MR) is 78.4 cm³/mol. The molecule has 2 rings (SSSR count). The van der Waals surface area contributed by atoms with Crippen LogP contribution in [-0.4, -0.2) is 23.2 Å². The molecule has 0 bridgehead atoms. The van der Waals surface area contributed by atoms with Crippen LogP contribution in [0.5, 0.6) is 0 Å². The second-order valence-corrected chi connectivity index (χ2v) is 6.95. The van der Waals surface area contributed by atoms with E-state index < -0.39 is 5.54 Å². The molecule has 0 aromatic carbocycles. The largest absolute Gasteiger partial charge is 0.398 e. The Morgan fingerprint density at radius 1 is 1.58 bits per heavy atom. The number of aliphatic hydroxyl groups is 1. The van der Waals surface area contributed by atoms with Gasteiger partial charge in [0, 0.05) is 10.6 Å². The van der Waals surface area contributed by atoms with Crippen LogP contribution >= 0.6 is 11.3 Å². The Morgan fingerprint density at radius 3 is 2.68 bits per heavy atom. The van der Waals surface area contributed by atoms with Gasteiger partial charge in [-0.05, 0) is 44.6 Å². The summed E-state index contributed by atoms with van der Waals surface area (Å²) in [4.78, 5) is 13.8. The van der Waals surface area contributed by atoms with Crippen molar-refractivity contribution < 1.29 is 9.90 Å². The van der Waals surface area contributed by atoms with Crippen LogP contribution in [0.4, 0.5) is 5.69 Å². The van der Waals surface area contributed by atoms with Crippen LogP contribution < -0.4 is 11.1 Å². The lowest BCUT2D eigenvalue weighted by Gasteiger charge is -2.38. The fourth-order valence-electron chi connectivity index (χ4n) is 2.55. The van der Waals surface area contributed by atoms with Gasteiger partial charge in [-0.15, -0.1) is 11.3 Å². The van der Waals surface area contributed by atoms with E-state index >= 15 is 0 Å². The summed E-state index contributed by atoms with van der Waals surface area (Å²) >= 11 is 1.40. The van der Waals surface area contributed by atoms with Crippen LogP contribution in [0.3, 0.4) is 0 Å². The minimum absolute atomic E-state index is 0.00526. The molecule has 0 unspecified atom stereocenters. The molecule has 4 nitrogen and oxygen atoms in total. The zero-order valence-corrected chi connectivity index (χ0v) is 12.3. The fourth-order valence-corrected chi connectivity index (χ4v) is 3.38. The number of hydrogen-bond acceptors (Lipinski definition) is 4. The number of anilines is 1. The third-order valence-corrected chi connectivity index (χ3v) is 5.16. The van der Waals surface area contributed by atoms with Crippen LogP contribution in [0.15, 0.2) is 6.07 Å². The van der Waals surface area contributed by atoms with E-state index in [0.717, 1.165) is 30.6 Å². The first-order valence-electron chi connectivity index (χ1n) is 6.75. The SMILES string of the molecule is Cc1sc(C(=O)NC2(CO)CCC(C)CC2)cc1N. The summed E-state index contributed by atoms with van der Waals surface area (Å²) < 4.78 is 0. The molecular formula is C14H22N2O2S. The lowest BCUT2D eigenvalue weighted by Crippen LogP contribution is -2.53. The van der Waals surface area contributed by atoms with Crippen molar-refractivity contribution in [2.75, 3.05) is 12.3 Å². The maximum atomic E-state index is 12.3. The first-order chi connectivity index (χ1) is 8.96. The molecule has 1 saturated carbocycles. The Labute approximate surface area is 118 Å². The maximum Gasteiger partial charge on any atom is 0.261 e.